The monoisotopic (exact) mass is 436 g/mol. The lowest BCUT2D eigenvalue weighted by Crippen LogP contribution is -2.35. The first-order chi connectivity index (χ1) is 13.7. The molecule has 1 N–H and O–H groups in total. The lowest BCUT2D eigenvalue weighted by molar-refractivity contribution is 0.346. The third kappa shape index (κ3) is 5.25. The Morgan fingerprint density at radius 1 is 0.828 bits per heavy atom. The summed E-state index contributed by atoms with van der Waals surface area (Å²) in [4.78, 5) is 0.460. The van der Waals surface area contributed by atoms with Crippen LogP contribution >= 0.6 is 0 Å². The van der Waals surface area contributed by atoms with E-state index in [0.29, 0.717) is 24.6 Å². The molecule has 1 heterocycles. The van der Waals surface area contributed by atoms with Gasteiger partial charge in [0.1, 0.15) is 0 Å². The fourth-order valence-electron chi connectivity index (χ4n) is 3.33. The van der Waals surface area contributed by atoms with Crippen molar-refractivity contribution in [3.8, 4) is 0 Å². The van der Waals surface area contributed by atoms with Gasteiger partial charge < -0.3 is 0 Å². The van der Waals surface area contributed by atoms with Crippen LogP contribution in [-0.2, 0) is 26.6 Å². The number of hydrogen-bond donors (Lipinski definition) is 1. The molecule has 0 bridgehead atoms. The molecular formula is C21H28N2O4S2. The summed E-state index contributed by atoms with van der Waals surface area (Å²) in [6, 6.07) is 13.2. The fraction of sp³-hybridized carbons (Fsp3) is 0.429. The lowest BCUT2D eigenvalue weighted by atomic mass is 10.0. The van der Waals surface area contributed by atoms with Gasteiger partial charge in [-0.25, -0.2) is 21.6 Å². The standard InChI is InChI=1S/C21H28N2O4S2/c1-17(2)19-8-12-20(13-9-19)28(24,25)22-16-18-6-10-21(11-7-18)29(26,27)23-14-4-3-5-15-23/h6-13,17,22H,3-5,14-16H2,1-2H3. The summed E-state index contributed by atoms with van der Waals surface area (Å²) in [5.41, 5.74) is 1.78. The van der Waals surface area contributed by atoms with E-state index in [1.54, 1.807) is 36.4 Å². The highest BCUT2D eigenvalue weighted by molar-refractivity contribution is 7.89. The molecule has 1 saturated heterocycles. The summed E-state index contributed by atoms with van der Waals surface area (Å²) in [7, 11) is -7.11. The molecule has 0 amide bonds. The van der Waals surface area contributed by atoms with E-state index in [1.165, 1.54) is 4.31 Å². The Hall–Kier alpha value is -1.74. The summed E-state index contributed by atoms with van der Waals surface area (Å²) < 4.78 is 54.5. The van der Waals surface area contributed by atoms with E-state index in [1.807, 2.05) is 12.1 Å². The Morgan fingerprint density at radius 2 is 1.38 bits per heavy atom. The fourth-order valence-corrected chi connectivity index (χ4v) is 5.86. The second kappa shape index (κ2) is 8.95. The smallest absolute Gasteiger partial charge is 0.207 e. The lowest BCUT2D eigenvalue weighted by Gasteiger charge is -2.25. The number of benzene rings is 2. The molecule has 0 unspecified atom stereocenters. The Bertz CT molecular complexity index is 1020. The van der Waals surface area contributed by atoms with Gasteiger partial charge in [0.2, 0.25) is 20.0 Å². The van der Waals surface area contributed by atoms with Crippen LogP contribution in [0.25, 0.3) is 0 Å². The van der Waals surface area contributed by atoms with Crippen molar-refractivity contribution in [1.82, 2.24) is 9.03 Å². The van der Waals surface area contributed by atoms with Gasteiger partial charge >= 0.3 is 0 Å². The maximum atomic E-state index is 12.7. The van der Waals surface area contributed by atoms with E-state index in [4.69, 9.17) is 0 Å². The molecule has 29 heavy (non-hydrogen) atoms. The minimum absolute atomic E-state index is 0.0955. The van der Waals surface area contributed by atoms with Crippen molar-refractivity contribution < 1.29 is 16.8 Å². The van der Waals surface area contributed by atoms with Crippen LogP contribution in [0.4, 0.5) is 0 Å². The molecule has 8 heteroatoms. The summed E-state index contributed by atoms with van der Waals surface area (Å²) >= 11 is 0. The van der Waals surface area contributed by atoms with Crippen LogP contribution in [0, 0.1) is 0 Å². The Balaban J connectivity index is 1.66. The first kappa shape index (κ1) is 22.0. The zero-order valence-electron chi connectivity index (χ0n) is 16.8. The number of piperidine rings is 1. The first-order valence-electron chi connectivity index (χ1n) is 9.89. The number of sulfonamides is 2. The van der Waals surface area contributed by atoms with Crippen molar-refractivity contribution in [2.24, 2.45) is 0 Å². The van der Waals surface area contributed by atoms with Crippen LogP contribution in [0.1, 0.15) is 50.2 Å². The molecule has 0 aromatic heterocycles. The molecule has 0 radical (unpaired) electrons. The van der Waals surface area contributed by atoms with E-state index in [-0.39, 0.29) is 16.3 Å². The average molecular weight is 437 g/mol. The Labute approximate surface area is 174 Å². The number of nitrogens with zero attached hydrogens (tertiary/aromatic N) is 1. The predicted molar refractivity (Wildman–Crippen MR) is 114 cm³/mol. The maximum absolute atomic E-state index is 12.7. The predicted octanol–water partition coefficient (Wildman–Crippen LogP) is 3.46. The van der Waals surface area contributed by atoms with E-state index in [0.717, 1.165) is 24.8 Å². The van der Waals surface area contributed by atoms with Gasteiger partial charge in [0.05, 0.1) is 9.79 Å². The van der Waals surface area contributed by atoms with E-state index in [2.05, 4.69) is 18.6 Å². The third-order valence-electron chi connectivity index (χ3n) is 5.20. The number of rotatable bonds is 7. The normalized spacial score (nSPS) is 16.2. The summed E-state index contributed by atoms with van der Waals surface area (Å²) in [5.74, 6) is 0.333. The summed E-state index contributed by atoms with van der Waals surface area (Å²) in [6.07, 6.45) is 2.83. The van der Waals surface area contributed by atoms with Crippen LogP contribution in [0.3, 0.4) is 0 Å². The highest BCUT2D eigenvalue weighted by atomic mass is 32.2. The van der Waals surface area contributed by atoms with Crippen molar-refractivity contribution in [2.75, 3.05) is 13.1 Å². The molecule has 6 nitrogen and oxygen atoms in total. The SMILES string of the molecule is CC(C)c1ccc(S(=O)(=O)NCc2ccc(S(=O)(=O)N3CCCCC3)cc2)cc1. The van der Waals surface area contributed by atoms with Gasteiger partial charge in [-0.3, -0.25) is 0 Å². The van der Waals surface area contributed by atoms with Crippen LogP contribution < -0.4 is 4.72 Å². The third-order valence-corrected chi connectivity index (χ3v) is 8.53. The van der Waals surface area contributed by atoms with Crippen molar-refractivity contribution in [1.29, 1.82) is 0 Å². The van der Waals surface area contributed by atoms with Crippen molar-refractivity contribution in [3.63, 3.8) is 0 Å². The molecular weight excluding hydrogens is 408 g/mol. The molecule has 0 saturated carbocycles. The van der Waals surface area contributed by atoms with Gasteiger partial charge in [0, 0.05) is 19.6 Å². The molecule has 1 fully saturated rings. The van der Waals surface area contributed by atoms with Gasteiger partial charge in [0.15, 0.2) is 0 Å². The van der Waals surface area contributed by atoms with E-state index in [9.17, 15) is 16.8 Å². The summed E-state index contributed by atoms with van der Waals surface area (Å²) in [6.45, 7) is 5.31. The van der Waals surface area contributed by atoms with Crippen molar-refractivity contribution >= 4 is 20.0 Å². The van der Waals surface area contributed by atoms with Crippen molar-refractivity contribution in [2.45, 2.75) is 55.4 Å². The second-order valence-electron chi connectivity index (χ2n) is 7.66. The minimum atomic E-state index is -3.63. The zero-order valence-corrected chi connectivity index (χ0v) is 18.5. The highest BCUT2D eigenvalue weighted by Crippen LogP contribution is 2.21. The Kier molecular flexibility index (Phi) is 6.78. The molecule has 0 atom stereocenters. The second-order valence-corrected chi connectivity index (χ2v) is 11.4. The van der Waals surface area contributed by atoms with Crippen LogP contribution in [0.5, 0.6) is 0 Å². The zero-order chi connectivity index (χ0) is 21.1. The first-order valence-corrected chi connectivity index (χ1v) is 12.8. The Morgan fingerprint density at radius 3 is 1.93 bits per heavy atom. The van der Waals surface area contributed by atoms with Gasteiger partial charge in [-0.2, -0.15) is 4.31 Å². The van der Waals surface area contributed by atoms with Gasteiger partial charge in [-0.1, -0.05) is 44.5 Å². The van der Waals surface area contributed by atoms with Gasteiger partial charge in [0.25, 0.3) is 0 Å². The topological polar surface area (TPSA) is 83.5 Å². The molecule has 2 aromatic carbocycles. The molecule has 0 aliphatic carbocycles. The van der Waals surface area contributed by atoms with E-state index >= 15 is 0 Å². The quantitative estimate of drug-likeness (QED) is 0.720. The summed E-state index contributed by atoms with van der Waals surface area (Å²) in [5, 5.41) is 0. The molecule has 2 aromatic rings. The largest absolute Gasteiger partial charge is 0.243 e. The maximum Gasteiger partial charge on any atom is 0.243 e. The molecule has 0 spiro atoms. The van der Waals surface area contributed by atoms with Crippen molar-refractivity contribution in [3.05, 3.63) is 59.7 Å². The van der Waals surface area contributed by atoms with Crippen LogP contribution in [0.2, 0.25) is 0 Å². The number of nitrogens with one attached hydrogen (secondary N) is 1. The molecule has 1 aliphatic heterocycles. The van der Waals surface area contributed by atoms with Crippen LogP contribution in [0.15, 0.2) is 58.3 Å². The molecule has 3 rings (SSSR count). The number of hydrogen-bond acceptors (Lipinski definition) is 4. The average Bonchev–Trinajstić information content (AvgIpc) is 2.73. The van der Waals surface area contributed by atoms with Gasteiger partial charge in [-0.05, 0) is 54.2 Å². The van der Waals surface area contributed by atoms with Gasteiger partial charge in [-0.15, -0.1) is 0 Å². The molecule has 158 valence electrons. The minimum Gasteiger partial charge on any atom is -0.207 e. The van der Waals surface area contributed by atoms with Crippen LogP contribution in [-0.4, -0.2) is 34.2 Å². The highest BCUT2D eigenvalue weighted by Gasteiger charge is 2.25. The molecule has 1 aliphatic rings. The van der Waals surface area contributed by atoms with E-state index < -0.39 is 20.0 Å².